The lowest BCUT2D eigenvalue weighted by Gasteiger charge is -2.30. The summed E-state index contributed by atoms with van der Waals surface area (Å²) in [7, 11) is 0. The molecule has 0 aromatic rings. The van der Waals surface area contributed by atoms with Crippen molar-refractivity contribution in [1.82, 2.24) is 5.32 Å². The van der Waals surface area contributed by atoms with E-state index in [0.29, 0.717) is 5.41 Å². The van der Waals surface area contributed by atoms with Crippen LogP contribution in [0.4, 0.5) is 0 Å². The first-order valence-electron chi connectivity index (χ1n) is 6.02. The summed E-state index contributed by atoms with van der Waals surface area (Å²) in [4.78, 5) is 0. The van der Waals surface area contributed by atoms with Gasteiger partial charge in [-0.1, -0.05) is 40.0 Å². The minimum absolute atomic E-state index is 0.252. The summed E-state index contributed by atoms with van der Waals surface area (Å²) < 4.78 is 0. The molecular weight excluding hydrogens is 170 g/mol. The summed E-state index contributed by atoms with van der Waals surface area (Å²) in [6, 6.07) is 0. The molecule has 0 heterocycles. The summed E-state index contributed by atoms with van der Waals surface area (Å²) in [6.07, 6.45) is 5.40. The van der Waals surface area contributed by atoms with Gasteiger partial charge in [-0.25, -0.2) is 0 Å². The van der Waals surface area contributed by atoms with Crippen LogP contribution in [0.2, 0.25) is 0 Å². The Morgan fingerprint density at radius 1 is 0.929 bits per heavy atom. The highest BCUT2D eigenvalue weighted by Crippen LogP contribution is 2.23. The van der Waals surface area contributed by atoms with Crippen molar-refractivity contribution in [2.45, 2.75) is 72.8 Å². The van der Waals surface area contributed by atoms with Crippen molar-refractivity contribution in [3.63, 3.8) is 0 Å². The Labute approximate surface area is 90.7 Å². The van der Waals surface area contributed by atoms with Gasteiger partial charge >= 0.3 is 0 Å². The largest absolute Gasteiger partial charge is 0.312 e. The van der Waals surface area contributed by atoms with Gasteiger partial charge in [0.1, 0.15) is 0 Å². The molecule has 0 unspecified atom stereocenters. The average molecular weight is 199 g/mol. The predicted octanol–water partition coefficient (Wildman–Crippen LogP) is 3.98. The molecule has 0 aliphatic rings. The third-order valence-electron chi connectivity index (χ3n) is 2.55. The highest BCUT2D eigenvalue weighted by Gasteiger charge is 2.19. The molecule has 1 N–H and O–H groups in total. The molecule has 1 nitrogen and oxygen atoms in total. The van der Waals surface area contributed by atoms with Crippen molar-refractivity contribution < 1.29 is 0 Å². The van der Waals surface area contributed by atoms with Crippen molar-refractivity contribution >= 4 is 0 Å². The molecule has 0 radical (unpaired) electrons. The topological polar surface area (TPSA) is 12.0 Å². The fourth-order valence-corrected chi connectivity index (χ4v) is 1.45. The van der Waals surface area contributed by atoms with E-state index >= 15 is 0 Å². The first-order chi connectivity index (χ1) is 6.27. The third-order valence-corrected chi connectivity index (χ3v) is 2.55. The van der Waals surface area contributed by atoms with Gasteiger partial charge < -0.3 is 5.32 Å². The minimum Gasteiger partial charge on any atom is -0.312 e. The second-order valence-electron chi connectivity index (χ2n) is 6.22. The maximum absolute atomic E-state index is 3.59. The third kappa shape index (κ3) is 8.55. The lowest BCUT2D eigenvalue weighted by atomic mass is 9.86. The van der Waals surface area contributed by atoms with Gasteiger partial charge in [0.25, 0.3) is 0 Å². The zero-order valence-electron chi connectivity index (χ0n) is 11.0. The Morgan fingerprint density at radius 3 is 1.93 bits per heavy atom. The highest BCUT2D eigenvalue weighted by molar-refractivity contribution is 4.77. The van der Waals surface area contributed by atoms with E-state index < -0.39 is 0 Å². The summed E-state index contributed by atoms with van der Waals surface area (Å²) in [5.41, 5.74) is 0.699. The van der Waals surface area contributed by atoms with Gasteiger partial charge in [-0.3, -0.25) is 0 Å². The molecule has 0 aliphatic carbocycles. The fraction of sp³-hybridized carbons (Fsp3) is 1.00. The van der Waals surface area contributed by atoms with Gasteiger partial charge in [0, 0.05) is 12.1 Å². The van der Waals surface area contributed by atoms with E-state index in [1.165, 1.54) is 25.7 Å². The van der Waals surface area contributed by atoms with Crippen LogP contribution in [0.25, 0.3) is 0 Å². The van der Waals surface area contributed by atoms with Crippen molar-refractivity contribution in [3.8, 4) is 0 Å². The zero-order chi connectivity index (χ0) is 11.2. The molecule has 0 atom stereocenters. The molecule has 0 spiro atoms. The van der Waals surface area contributed by atoms with E-state index in [4.69, 9.17) is 0 Å². The van der Waals surface area contributed by atoms with Crippen molar-refractivity contribution in [1.29, 1.82) is 0 Å². The summed E-state index contributed by atoms with van der Waals surface area (Å²) >= 11 is 0. The Kier molecular flexibility index (Phi) is 5.73. The first kappa shape index (κ1) is 14.0. The van der Waals surface area contributed by atoms with Crippen molar-refractivity contribution in [3.05, 3.63) is 0 Å². The van der Waals surface area contributed by atoms with Crippen LogP contribution in [0.1, 0.15) is 67.2 Å². The highest BCUT2D eigenvalue weighted by atomic mass is 14.9. The standard InChI is InChI=1S/C13H29N/c1-7-8-9-10-13(5,6)11-14-12(2,3)4/h14H,7-11H2,1-6H3. The van der Waals surface area contributed by atoms with Crippen LogP contribution < -0.4 is 5.32 Å². The Morgan fingerprint density at radius 2 is 1.50 bits per heavy atom. The zero-order valence-corrected chi connectivity index (χ0v) is 11.0. The molecular formula is C13H29N. The molecule has 0 fully saturated rings. The molecule has 1 heteroatoms. The molecule has 86 valence electrons. The van der Waals surface area contributed by atoms with Gasteiger partial charge in [0.05, 0.1) is 0 Å². The van der Waals surface area contributed by atoms with Crippen LogP contribution in [0.5, 0.6) is 0 Å². The van der Waals surface area contributed by atoms with Crippen LogP contribution in [0.15, 0.2) is 0 Å². The predicted molar refractivity (Wildman–Crippen MR) is 65.7 cm³/mol. The normalized spacial score (nSPS) is 13.3. The number of hydrogen-bond donors (Lipinski definition) is 1. The average Bonchev–Trinajstić information content (AvgIpc) is 2.00. The second kappa shape index (κ2) is 5.75. The molecule has 0 amide bonds. The number of unbranched alkanes of at least 4 members (excludes halogenated alkanes) is 2. The van der Waals surface area contributed by atoms with E-state index in [0.717, 1.165) is 6.54 Å². The van der Waals surface area contributed by atoms with Crippen molar-refractivity contribution in [2.24, 2.45) is 5.41 Å². The van der Waals surface area contributed by atoms with E-state index in [1.807, 2.05) is 0 Å². The Hall–Kier alpha value is -0.0400. The monoisotopic (exact) mass is 199 g/mol. The summed E-state index contributed by atoms with van der Waals surface area (Å²) in [5, 5.41) is 3.59. The van der Waals surface area contributed by atoms with E-state index in [9.17, 15) is 0 Å². The number of rotatable bonds is 6. The smallest absolute Gasteiger partial charge is 0.00967 e. The van der Waals surface area contributed by atoms with E-state index in [-0.39, 0.29) is 5.54 Å². The molecule has 0 saturated carbocycles. The molecule has 0 bridgehead atoms. The Balaban J connectivity index is 3.72. The molecule has 0 aliphatic heterocycles. The van der Waals surface area contributed by atoms with E-state index in [1.54, 1.807) is 0 Å². The maximum Gasteiger partial charge on any atom is 0.00967 e. The lowest BCUT2D eigenvalue weighted by Crippen LogP contribution is -2.41. The van der Waals surface area contributed by atoms with Gasteiger partial charge in [-0.2, -0.15) is 0 Å². The van der Waals surface area contributed by atoms with Crippen LogP contribution in [0.3, 0.4) is 0 Å². The SMILES string of the molecule is CCCCCC(C)(C)CNC(C)(C)C. The number of hydrogen-bond acceptors (Lipinski definition) is 1. The molecule has 0 rings (SSSR count). The first-order valence-corrected chi connectivity index (χ1v) is 6.02. The Bertz CT molecular complexity index is 142. The minimum atomic E-state index is 0.252. The van der Waals surface area contributed by atoms with Crippen LogP contribution >= 0.6 is 0 Å². The number of nitrogens with one attached hydrogen (secondary N) is 1. The van der Waals surface area contributed by atoms with Gasteiger partial charge in [-0.05, 0) is 32.6 Å². The molecule has 0 aromatic carbocycles. The molecule has 14 heavy (non-hydrogen) atoms. The molecule has 0 saturated heterocycles. The van der Waals surface area contributed by atoms with Gasteiger partial charge in [-0.15, -0.1) is 0 Å². The second-order valence-corrected chi connectivity index (χ2v) is 6.22. The van der Waals surface area contributed by atoms with Crippen LogP contribution in [-0.2, 0) is 0 Å². The van der Waals surface area contributed by atoms with Crippen LogP contribution in [-0.4, -0.2) is 12.1 Å². The maximum atomic E-state index is 3.59. The van der Waals surface area contributed by atoms with Gasteiger partial charge in [0.15, 0.2) is 0 Å². The fourth-order valence-electron chi connectivity index (χ4n) is 1.45. The van der Waals surface area contributed by atoms with Crippen molar-refractivity contribution in [2.75, 3.05) is 6.54 Å². The summed E-state index contributed by atoms with van der Waals surface area (Å²) in [5.74, 6) is 0. The molecule has 0 aromatic heterocycles. The lowest BCUT2D eigenvalue weighted by molar-refractivity contribution is 0.265. The van der Waals surface area contributed by atoms with E-state index in [2.05, 4.69) is 46.9 Å². The van der Waals surface area contributed by atoms with Gasteiger partial charge in [0.2, 0.25) is 0 Å². The van der Waals surface area contributed by atoms with Crippen LogP contribution in [0, 0.1) is 5.41 Å². The summed E-state index contributed by atoms with van der Waals surface area (Å²) in [6.45, 7) is 14.8. The quantitative estimate of drug-likeness (QED) is 0.638.